The predicted octanol–water partition coefficient (Wildman–Crippen LogP) is -0.636. The smallest absolute Gasteiger partial charge is 0.291 e. The molecule has 29 heavy (non-hydrogen) atoms. The van der Waals surface area contributed by atoms with Crippen LogP contribution in [0.4, 0.5) is 5.69 Å². The first-order chi connectivity index (χ1) is 13.8. The highest BCUT2D eigenvalue weighted by molar-refractivity contribution is 6.35. The number of nitrogens with two attached hydrogens (primary N) is 1. The maximum atomic E-state index is 13.3. The molecule has 1 aromatic carbocycles. The van der Waals surface area contributed by atoms with Crippen LogP contribution in [0.2, 0.25) is 5.02 Å². The molecule has 1 aromatic rings. The number of rotatable bonds is 6. The number of imide groups is 1. The number of nitrogens with zero attached hydrogens (tertiary/aromatic N) is 1. The molecule has 2 fully saturated rings. The van der Waals surface area contributed by atoms with Crippen molar-refractivity contribution in [2.45, 2.75) is 44.2 Å². The Hall–Kier alpha value is -2.45. The summed E-state index contributed by atoms with van der Waals surface area (Å²) in [6, 6.07) is 4.57. The van der Waals surface area contributed by atoms with Crippen molar-refractivity contribution < 1.29 is 29.6 Å². The zero-order valence-corrected chi connectivity index (χ0v) is 16.7. The second-order valence-electron chi connectivity index (χ2n) is 7.91. The molecule has 154 valence electrons. The van der Waals surface area contributed by atoms with Crippen molar-refractivity contribution in [2.24, 2.45) is 11.8 Å². The maximum Gasteiger partial charge on any atom is 0.291 e. The Morgan fingerprint density at radius 3 is 2.76 bits per heavy atom. The Balaban J connectivity index is 1.81. The molecule has 3 N–H and O–H groups in total. The molecule has 4 atom stereocenters. The van der Waals surface area contributed by atoms with E-state index < -0.39 is 35.3 Å². The third kappa shape index (κ3) is 2.77. The van der Waals surface area contributed by atoms with E-state index in [1.807, 2.05) is 6.92 Å². The minimum absolute atomic E-state index is 0.134. The molecule has 2 saturated heterocycles. The van der Waals surface area contributed by atoms with Gasteiger partial charge in [-0.15, -0.1) is 0 Å². The number of anilines is 1. The number of carbonyl (C=O) groups excluding carboxylic acids is 4. The van der Waals surface area contributed by atoms with Crippen LogP contribution in [0.1, 0.15) is 38.2 Å². The number of likely N-dealkylation sites (tertiary alicyclic amines) is 1. The Labute approximate surface area is 172 Å². The van der Waals surface area contributed by atoms with Crippen LogP contribution < -0.4 is 15.7 Å². The van der Waals surface area contributed by atoms with Crippen LogP contribution >= 0.6 is 11.6 Å². The van der Waals surface area contributed by atoms with E-state index in [1.165, 1.54) is 4.90 Å². The maximum absolute atomic E-state index is 13.3. The largest absolute Gasteiger partial charge is 0.550 e. The highest BCUT2D eigenvalue weighted by Crippen LogP contribution is 2.50. The van der Waals surface area contributed by atoms with Gasteiger partial charge in [-0.05, 0) is 25.0 Å². The molecule has 0 aromatic heterocycles. The van der Waals surface area contributed by atoms with Crippen LogP contribution in [0.15, 0.2) is 18.2 Å². The molecular formula is C20H22ClN3O5. The van der Waals surface area contributed by atoms with E-state index in [2.05, 4.69) is 5.32 Å². The summed E-state index contributed by atoms with van der Waals surface area (Å²) in [5, 5.41) is 15.9. The number of amides is 3. The van der Waals surface area contributed by atoms with Crippen molar-refractivity contribution in [3.63, 3.8) is 0 Å². The Bertz CT molecular complexity index is 919. The number of carboxylic acid groups (broad SMARTS) is 1. The fourth-order valence-corrected chi connectivity index (χ4v) is 5.32. The van der Waals surface area contributed by atoms with E-state index in [9.17, 15) is 24.3 Å². The second kappa shape index (κ2) is 7.11. The number of carbonyl (C=O) groups is 4. The van der Waals surface area contributed by atoms with Gasteiger partial charge in [0.25, 0.3) is 5.91 Å². The molecule has 0 bridgehead atoms. The van der Waals surface area contributed by atoms with Crippen molar-refractivity contribution in [1.82, 2.24) is 4.90 Å². The third-order valence-electron chi connectivity index (χ3n) is 6.36. The summed E-state index contributed by atoms with van der Waals surface area (Å²) in [5.41, 5.74) is -0.309. The van der Waals surface area contributed by atoms with E-state index >= 15 is 0 Å². The summed E-state index contributed by atoms with van der Waals surface area (Å²) in [5.74, 6) is -3.97. The lowest BCUT2D eigenvalue weighted by Crippen LogP contribution is -2.99. The van der Waals surface area contributed by atoms with Gasteiger partial charge in [-0.1, -0.05) is 31.0 Å². The first-order valence-corrected chi connectivity index (χ1v) is 10.2. The predicted molar refractivity (Wildman–Crippen MR) is 100 cm³/mol. The molecule has 0 aliphatic carbocycles. The Morgan fingerprint density at radius 1 is 1.31 bits per heavy atom. The Morgan fingerprint density at radius 2 is 2.07 bits per heavy atom. The number of nitrogens with one attached hydrogen (secondary N) is 1. The number of unbranched alkanes of at least 4 members (excludes halogenated alkanes) is 1. The molecule has 8 nitrogen and oxygen atoms in total. The number of hydrogen-bond acceptors (Lipinski definition) is 5. The number of aliphatic carboxylic acids is 1. The van der Waals surface area contributed by atoms with Gasteiger partial charge in [0.1, 0.15) is 17.9 Å². The summed E-state index contributed by atoms with van der Waals surface area (Å²) >= 11 is 6.26. The van der Waals surface area contributed by atoms with Gasteiger partial charge in [0, 0.05) is 24.5 Å². The first-order valence-electron chi connectivity index (χ1n) is 9.84. The molecule has 3 aliphatic heterocycles. The Kier molecular flexibility index (Phi) is 4.86. The molecule has 0 radical (unpaired) electrons. The summed E-state index contributed by atoms with van der Waals surface area (Å²) < 4.78 is 0. The van der Waals surface area contributed by atoms with Crippen LogP contribution in [0, 0.1) is 11.8 Å². The van der Waals surface area contributed by atoms with Crippen LogP contribution in [-0.4, -0.2) is 41.2 Å². The zero-order valence-electron chi connectivity index (χ0n) is 15.9. The highest BCUT2D eigenvalue weighted by atomic mass is 35.5. The molecule has 4 rings (SSSR count). The van der Waals surface area contributed by atoms with Crippen molar-refractivity contribution in [2.75, 3.05) is 11.9 Å². The number of halogens is 1. The third-order valence-corrected chi connectivity index (χ3v) is 6.68. The fourth-order valence-electron chi connectivity index (χ4n) is 5.10. The molecule has 0 unspecified atom stereocenters. The lowest BCUT2D eigenvalue weighted by atomic mass is 9.76. The summed E-state index contributed by atoms with van der Waals surface area (Å²) in [6.07, 6.45) is 1.37. The van der Waals surface area contributed by atoms with Gasteiger partial charge in [0.15, 0.2) is 0 Å². The average molecular weight is 420 g/mol. The van der Waals surface area contributed by atoms with Gasteiger partial charge in [0.05, 0.1) is 10.7 Å². The molecule has 9 heteroatoms. The highest BCUT2D eigenvalue weighted by Gasteiger charge is 2.74. The van der Waals surface area contributed by atoms with Gasteiger partial charge >= 0.3 is 0 Å². The average Bonchev–Trinajstić information content (AvgIpc) is 3.25. The minimum Gasteiger partial charge on any atom is -0.550 e. The molecule has 0 saturated carbocycles. The van der Waals surface area contributed by atoms with Gasteiger partial charge < -0.3 is 20.5 Å². The van der Waals surface area contributed by atoms with E-state index in [1.54, 1.807) is 23.5 Å². The number of para-hydroxylation sites is 1. The molecule has 3 amide bonds. The van der Waals surface area contributed by atoms with Gasteiger partial charge in [-0.25, -0.2) is 0 Å². The van der Waals surface area contributed by atoms with Crippen LogP contribution in [0.3, 0.4) is 0 Å². The fraction of sp³-hybridized carbons (Fsp3) is 0.500. The second-order valence-corrected chi connectivity index (χ2v) is 8.32. The number of hydrogen-bond donors (Lipinski definition) is 2. The van der Waals surface area contributed by atoms with Crippen LogP contribution in [0.5, 0.6) is 0 Å². The quantitative estimate of drug-likeness (QED) is 0.594. The lowest BCUT2D eigenvalue weighted by molar-refractivity contribution is -0.734. The van der Waals surface area contributed by atoms with E-state index in [-0.39, 0.29) is 24.7 Å². The summed E-state index contributed by atoms with van der Waals surface area (Å²) in [7, 11) is 0. The van der Waals surface area contributed by atoms with Crippen molar-refractivity contribution in [3.05, 3.63) is 28.8 Å². The normalized spacial score (nSPS) is 30.1. The van der Waals surface area contributed by atoms with Crippen LogP contribution in [0.25, 0.3) is 0 Å². The zero-order chi connectivity index (χ0) is 20.9. The van der Waals surface area contributed by atoms with E-state index in [0.717, 1.165) is 6.42 Å². The first kappa shape index (κ1) is 19.8. The van der Waals surface area contributed by atoms with Crippen molar-refractivity contribution in [3.8, 4) is 0 Å². The van der Waals surface area contributed by atoms with Crippen molar-refractivity contribution >= 4 is 41.0 Å². The van der Waals surface area contributed by atoms with Gasteiger partial charge in [-0.2, -0.15) is 0 Å². The van der Waals surface area contributed by atoms with Gasteiger partial charge in [-0.3, -0.25) is 19.3 Å². The topological polar surface area (TPSA) is 123 Å². The SMILES string of the molecule is CCCCN1C(=O)[C@@H]2[C@H](CCC(=O)[O-])[NH2+][C@]3(C(=O)Nc4c(Cl)cccc43)[C@@H]2C1=O. The number of carboxylic acids is 1. The molecular weight excluding hydrogens is 398 g/mol. The van der Waals surface area contributed by atoms with E-state index in [4.69, 9.17) is 11.6 Å². The van der Waals surface area contributed by atoms with E-state index in [0.29, 0.717) is 29.2 Å². The number of quaternary nitrogens is 1. The minimum atomic E-state index is -1.32. The standard InChI is InChI=1S/C20H22ClN3O5/c1-2-3-9-24-17(27)14-12(7-8-13(25)26)23-20(15(14)18(24)28)10-5-4-6-11(21)16(10)22-19(20)29/h4-6,12,14-15,23H,2-3,7-9H2,1H3,(H,22,29)(H,25,26)/t12-,14+,15-,20-/m0/s1. The molecule has 3 aliphatic rings. The number of fused-ring (bicyclic) bond motifs is 4. The van der Waals surface area contributed by atoms with Crippen LogP contribution in [-0.2, 0) is 24.7 Å². The molecule has 1 spiro atoms. The molecule has 3 heterocycles. The monoisotopic (exact) mass is 419 g/mol. The number of benzene rings is 1. The summed E-state index contributed by atoms with van der Waals surface area (Å²) in [4.78, 5) is 52.0. The van der Waals surface area contributed by atoms with Gasteiger partial charge in [0.2, 0.25) is 17.4 Å². The lowest BCUT2D eigenvalue weighted by Gasteiger charge is -2.26. The van der Waals surface area contributed by atoms with Crippen molar-refractivity contribution in [1.29, 1.82) is 0 Å². The summed E-state index contributed by atoms with van der Waals surface area (Å²) in [6.45, 7) is 2.26.